The van der Waals surface area contributed by atoms with Crippen molar-refractivity contribution in [2.45, 2.75) is 12.8 Å². The summed E-state index contributed by atoms with van der Waals surface area (Å²) in [5, 5.41) is 12.0. The van der Waals surface area contributed by atoms with Gasteiger partial charge in [-0.3, -0.25) is 14.7 Å². The molecule has 0 radical (unpaired) electrons. The molecule has 0 saturated heterocycles. The van der Waals surface area contributed by atoms with Gasteiger partial charge in [-0.05, 0) is 18.6 Å². The van der Waals surface area contributed by atoms with Crippen LogP contribution >= 0.6 is 0 Å². The summed E-state index contributed by atoms with van der Waals surface area (Å²) in [6.07, 6.45) is 0.722. The number of H-pyrrole nitrogens is 1. The van der Waals surface area contributed by atoms with Crippen LogP contribution in [0.25, 0.3) is 5.69 Å². The third-order valence-electron chi connectivity index (χ3n) is 3.34. The van der Waals surface area contributed by atoms with Crippen LogP contribution in [0, 0.1) is 5.92 Å². The minimum absolute atomic E-state index is 0.139. The normalized spacial score (nSPS) is 17.7. The van der Waals surface area contributed by atoms with Crippen molar-refractivity contribution in [2.75, 3.05) is 0 Å². The van der Waals surface area contributed by atoms with Crippen LogP contribution in [0.1, 0.15) is 11.3 Å². The smallest absolute Gasteiger partial charge is 0.307 e. The second-order valence-corrected chi connectivity index (χ2v) is 4.49. The van der Waals surface area contributed by atoms with Crippen LogP contribution in [-0.2, 0) is 17.6 Å². The molecule has 1 aliphatic rings. The number of nitrogens with one attached hydrogen (secondary N) is 1. The summed E-state index contributed by atoms with van der Waals surface area (Å²) >= 11 is 0. The molecule has 1 unspecified atom stereocenters. The zero-order valence-electron chi connectivity index (χ0n) is 9.59. The third kappa shape index (κ3) is 1.55. The maximum absolute atomic E-state index is 12.2. The minimum atomic E-state index is -0.842. The van der Waals surface area contributed by atoms with Crippen LogP contribution in [-0.4, -0.2) is 20.9 Å². The highest BCUT2D eigenvalue weighted by Gasteiger charge is 2.31. The summed E-state index contributed by atoms with van der Waals surface area (Å²) in [6, 6.07) is 9.26. The molecule has 1 heterocycles. The van der Waals surface area contributed by atoms with Gasteiger partial charge in [-0.25, -0.2) is 4.68 Å². The number of rotatable bonds is 2. The Balaban J connectivity index is 2.03. The molecule has 1 aromatic carbocycles. The van der Waals surface area contributed by atoms with Crippen LogP contribution < -0.4 is 5.56 Å². The van der Waals surface area contributed by atoms with Crippen molar-refractivity contribution in [2.24, 2.45) is 5.92 Å². The molecule has 1 atom stereocenters. The van der Waals surface area contributed by atoms with Gasteiger partial charge in [-0.1, -0.05) is 18.2 Å². The van der Waals surface area contributed by atoms with Crippen molar-refractivity contribution in [1.82, 2.24) is 9.78 Å². The molecule has 1 aromatic heterocycles. The number of hydrogen-bond acceptors (Lipinski definition) is 2. The molecule has 1 aliphatic carbocycles. The fourth-order valence-electron chi connectivity index (χ4n) is 2.40. The maximum atomic E-state index is 12.2. The zero-order chi connectivity index (χ0) is 12.7. The summed E-state index contributed by atoms with van der Waals surface area (Å²) < 4.78 is 1.47. The predicted molar refractivity (Wildman–Crippen MR) is 64.9 cm³/mol. The summed E-state index contributed by atoms with van der Waals surface area (Å²) in [5.41, 5.74) is 1.98. The lowest BCUT2D eigenvalue weighted by Crippen LogP contribution is -2.21. The van der Waals surface area contributed by atoms with Gasteiger partial charge < -0.3 is 5.11 Å². The molecule has 3 rings (SSSR count). The number of carbonyl (C=O) groups is 1. The van der Waals surface area contributed by atoms with Crippen LogP contribution in [0.4, 0.5) is 0 Å². The van der Waals surface area contributed by atoms with Gasteiger partial charge in [-0.15, -0.1) is 0 Å². The van der Waals surface area contributed by atoms with E-state index in [0.29, 0.717) is 18.4 Å². The van der Waals surface area contributed by atoms with Crippen molar-refractivity contribution in [3.63, 3.8) is 0 Å². The number of aromatic amines is 1. The molecule has 2 N–H and O–H groups in total. The molecule has 92 valence electrons. The molecule has 18 heavy (non-hydrogen) atoms. The largest absolute Gasteiger partial charge is 0.481 e. The molecular weight excluding hydrogens is 232 g/mol. The van der Waals surface area contributed by atoms with Crippen molar-refractivity contribution in [1.29, 1.82) is 0 Å². The van der Waals surface area contributed by atoms with E-state index in [1.165, 1.54) is 4.68 Å². The second-order valence-electron chi connectivity index (χ2n) is 4.49. The number of carboxylic acid groups (broad SMARTS) is 1. The van der Waals surface area contributed by atoms with Crippen molar-refractivity contribution in [3.05, 3.63) is 51.9 Å². The van der Waals surface area contributed by atoms with E-state index in [9.17, 15) is 9.59 Å². The Hall–Kier alpha value is -2.30. The van der Waals surface area contributed by atoms with Gasteiger partial charge in [-0.2, -0.15) is 0 Å². The van der Waals surface area contributed by atoms with Gasteiger partial charge in [0, 0.05) is 17.7 Å². The highest BCUT2D eigenvalue weighted by molar-refractivity contribution is 5.72. The van der Waals surface area contributed by atoms with Crippen LogP contribution in [0.5, 0.6) is 0 Å². The van der Waals surface area contributed by atoms with E-state index in [4.69, 9.17) is 5.11 Å². The predicted octanol–water partition coefficient (Wildman–Crippen LogP) is 0.965. The molecule has 2 aromatic rings. The van der Waals surface area contributed by atoms with E-state index in [-0.39, 0.29) is 5.56 Å². The molecule has 5 nitrogen and oxygen atoms in total. The number of nitrogens with zero attached hydrogens (tertiary/aromatic N) is 1. The Morgan fingerprint density at radius 1 is 1.28 bits per heavy atom. The Bertz CT molecular complexity index is 655. The molecular formula is C13H12N2O3. The number of aromatic nitrogens is 2. The van der Waals surface area contributed by atoms with E-state index >= 15 is 0 Å². The topological polar surface area (TPSA) is 75.1 Å². The number of para-hydroxylation sites is 1. The Morgan fingerprint density at radius 3 is 2.61 bits per heavy atom. The van der Waals surface area contributed by atoms with Gasteiger partial charge in [0.1, 0.15) is 0 Å². The molecule has 5 heteroatoms. The Morgan fingerprint density at radius 2 is 2.00 bits per heavy atom. The lowest BCUT2D eigenvalue weighted by Gasteiger charge is -2.04. The number of benzene rings is 1. The first-order valence-electron chi connectivity index (χ1n) is 5.78. The Labute approximate surface area is 103 Å². The number of fused-ring (bicyclic) bond motifs is 1. The average molecular weight is 244 g/mol. The lowest BCUT2D eigenvalue weighted by molar-refractivity contribution is -0.141. The van der Waals surface area contributed by atoms with Gasteiger partial charge in [0.05, 0.1) is 11.6 Å². The standard InChI is InChI=1S/C13H12N2O3/c16-12-10-6-8(13(17)18)7-11(10)14-15(12)9-4-2-1-3-5-9/h1-5,8,14H,6-7H2,(H,17,18). The highest BCUT2D eigenvalue weighted by Crippen LogP contribution is 2.23. The molecule has 0 spiro atoms. The molecule has 0 fully saturated rings. The van der Waals surface area contributed by atoms with E-state index in [1.54, 1.807) is 0 Å². The maximum Gasteiger partial charge on any atom is 0.307 e. The van der Waals surface area contributed by atoms with Gasteiger partial charge in [0.25, 0.3) is 5.56 Å². The van der Waals surface area contributed by atoms with Gasteiger partial charge >= 0.3 is 5.97 Å². The molecule has 0 amide bonds. The zero-order valence-corrected chi connectivity index (χ0v) is 9.59. The molecule has 0 aliphatic heterocycles. The van der Waals surface area contributed by atoms with E-state index in [0.717, 1.165) is 11.4 Å². The lowest BCUT2D eigenvalue weighted by atomic mass is 10.1. The fraction of sp³-hybridized carbons (Fsp3) is 0.231. The van der Waals surface area contributed by atoms with Crippen LogP contribution in [0.15, 0.2) is 35.1 Å². The van der Waals surface area contributed by atoms with Crippen molar-refractivity contribution in [3.8, 4) is 5.69 Å². The summed E-state index contributed by atoms with van der Waals surface area (Å²) in [7, 11) is 0. The summed E-state index contributed by atoms with van der Waals surface area (Å²) in [5.74, 6) is -1.31. The highest BCUT2D eigenvalue weighted by atomic mass is 16.4. The fourth-order valence-corrected chi connectivity index (χ4v) is 2.40. The number of hydrogen-bond donors (Lipinski definition) is 2. The third-order valence-corrected chi connectivity index (χ3v) is 3.34. The van der Waals surface area contributed by atoms with E-state index in [1.807, 2.05) is 30.3 Å². The quantitative estimate of drug-likeness (QED) is 0.826. The minimum Gasteiger partial charge on any atom is -0.481 e. The first kappa shape index (κ1) is 10.8. The van der Waals surface area contributed by atoms with E-state index < -0.39 is 11.9 Å². The first-order valence-corrected chi connectivity index (χ1v) is 5.78. The monoisotopic (exact) mass is 244 g/mol. The van der Waals surface area contributed by atoms with Crippen LogP contribution in [0.2, 0.25) is 0 Å². The Kier molecular flexibility index (Phi) is 2.33. The van der Waals surface area contributed by atoms with Crippen molar-refractivity contribution >= 4 is 5.97 Å². The molecule has 0 bridgehead atoms. The van der Waals surface area contributed by atoms with Gasteiger partial charge in [0.2, 0.25) is 0 Å². The summed E-state index contributed by atoms with van der Waals surface area (Å²) in [4.78, 5) is 23.1. The number of carboxylic acids is 1. The second kappa shape index (κ2) is 3.87. The van der Waals surface area contributed by atoms with Gasteiger partial charge in [0.15, 0.2) is 0 Å². The molecule has 0 saturated carbocycles. The summed E-state index contributed by atoms with van der Waals surface area (Å²) in [6.45, 7) is 0. The average Bonchev–Trinajstić information content (AvgIpc) is 2.91. The SMILES string of the molecule is O=C(O)C1Cc2[nH]n(-c3ccccc3)c(=O)c2C1. The van der Waals surface area contributed by atoms with E-state index in [2.05, 4.69) is 5.10 Å². The first-order chi connectivity index (χ1) is 8.66. The number of aliphatic carboxylic acids is 1. The van der Waals surface area contributed by atoms with Crippen molar-refractivity contribution < 1.29 is 9.90 Å². The van der Waals surface area contributed by atoms with Crippen LogP contribution in [0.3, 0.4) is 0 Å².